The highest BCUT2D eigenvalue weighted by Gasteiger charge is 2.43. The summed E-state index contributed by atoms with van der Waals surface area (Å²) in [5.74, 6) is 1.90. The van der Waals surface area contributed by atoms with Crippen LogP contribution in [0.5, 0.6) is 0 Å². The second kappa shape index (κ2) is 5.13. The summed E-state index contributed by atoms with van der Waals surface area (Å²) in [7, 11) is 0. The third-order valence-corrected chi connectivity index (χ3v) is 5.75. The van der Waals surface area contributed by atoms with E-state index in [4.69, 9.17) is 4.74 Å². The van der Waals surface area contributed by atoms with Crippen LogP contribution in [-0.2, 0) is 4.74 Å². The molecule has 0 aromatic carbocycles. The molecule has 0 aromatic heterocycles. The van der Waals surface area contributed by atoms with Crippen molar-refractivity contribution in [2.24, 2.45) is 17.8 Å². The number of aliphatic hydroxyl groups excluding tert-OH is 1. The Kier molecular flexibility index (Phi) is 3.68. The van der Waals surface area contributed by atoms with Crippen molar-refractivity contribution in [2.75, 3.05) is 6.61 Å². The Morgan fingerprint density at radius 2 is 1.89 bits per heavy atom. The van der Waals surface area contributed by atoms with E-state index in [0.717, 1.165) is 25.4 Å². The van der Waals surface area contributed by atoms with Crippen molar-refractivity contribution in [2.45, 2.75) is 76.4 Å². The van der Waals surface area contributed by atoms with Gasteiger partial charge in [0.05, 0.1) is 11.7 Å². The average molecular weight is 252 g/mol. The quantitative estimate of drug-likeness (QED) is 0.814. The van der Waals surface area contributed by atoms with Crippen molar-refractivity contribution < 1.29 is 9.84 Å². The molecule has 104 valence electrons. The second-order valence-corrected chi connectivity index (χ2v) is 7.16. The van der Waals surface area contributed by atoms with Crippen molar-refractivity contribution in [3.8, 4) is 0 Å². The maximum absolute atomic E-state index is 10.7. The molecule has 1 spiro atoms. The first kappa shape index (κ1) is 12.9. The van der Waals surface area contributed by atoms with Gasteiger partial charge in [0.15, 0.2) is 0 Å². The lowest BCUT2D eigenvalue weighted by Crippen LogP contribution is -2.42. The van der Waals surface area contributed by atoms with Gasteiger partial charge in [0.1, 0.15) is 0 Å². The molecule has 2 aliphatic carbocycles. The second-order valence-electron chi connectivity index (χ2n) is 7.16. The molecule has 1 aliphatic heterocycles. The van der Waals surface area contributed by atoms with Gasteiger partial charge in [0.2, 0.25) is 0 Å². The first-order chi connectivity index (χ1) is 8.69. The molecule has 0 radical (unpaired) electrons. The molecule has 0 aromatic rings. The van der Waals surface area contributed by atoms with Crippen LogP contribution in [0.25, 0.3) is 0 Å². The smallest absolute Gasteiger partial charge is 0.0686 e. The van der Waals surface area contributed by atoms with E-state index in [2.05, 4.69) is 6.92 Å². The largest absolute Gasteiger partial charge is 0.393 e. The lowest BCUT2D eigenvalue weighted by molar-refractivity contribution is -0.119. The highest BCUT2D eigenvalue weighted by Crippen LogP contribution is 2.45. The van der Waals surface area contributed by atoms with E-state index in [1.54, 1.807) is 0 Å². The molecule has 1 heterocycles. The van der Waals surface area contributed by atoms with Gasteiger partial charge >= 0.3 is 0 Å². The van der Waals surface area contributed by atoms with E-state index in [1.807, 2.05) is 0 Å². The lowest BCUT2D eigenvalue weighted by Gasteiger charge is -2.41. The molecule has 3 fully saturated rings. The maximum Gasteiger partial charge on any atom is 0.0686 e. The van der Waals surface area contributed by atoms with Crippen LogP contribution in [0.15, 0.2) is 0 Å². The topological polar surface area (TPSA) is 29.5 Å². The molecular weight excluding hydrogens is 224 g/mol. The number of hydrogen-bond acceptors (Lipinski definition) is 2. The highest BCUT2D eigenvalue weighted by molar-refractivity contribution is 4.94. The van der Waals surface area contributed by atoms with E-state index in [1.165, 1.54) is 44.9 Å². The standard InChI is InChI=1S/C16H28O2/c1-12-4-5-13(10-12)15(17)14-6-9-18-16(11-14)7-2-3-8-16/h12-15,17H,2-11H2,1H3. The molecule has 3 rings (SSSR count). The van der Waals surface area contributed by atoms with E-state index in [-0.39, 0.29) is 11.7 Å². The summed E-state index contributed by atoms with van der Waals surface area (Å²) in [4.78, 5) is 0. The summed E-state index contributed by atoms with van der Waals surface area (Å²) in [6, 6.07) is 0. The maximum atomic E-state index is 10.7. The van der Waals surface area contributed by atoms with E-state index >= 15 is 0 Å². The van der Waals surface area contributed by atoms with Crippen molar-refractivity contribution in [1.29, 1.82) is 0 Å². The minimum Gasteiger partial charge on any atom is -0.393 e. The van der Waals surface area contributed by atoms with Gasteiger partial charge in [-0.15, -0.1) is 0 Å². The minimum absolute atomic E-state index is 0.0590. The SMILES string of the molecule is CC1CCC(C(O)C2CCOC3(CCCC3)C2)C1. The van der Waals surface area contributed by atoms with Crippen LogP contribution >= 0.6 is 0 Å². The van der Waals surface area contributed by atoms with Crippen LogP contribution in [0.1, 0.15) is 64.7 Å². The zero-order valence-electron chi connectivity index (χ0n) is 11.7. The third kappa shape index (κ3) is 2.46. The van der Waals surface area contributed by atoms with E-state index in [9.17, 15) is 5.11 Å². The fraction of sp³-hybridized carbons (Fsp3) is 1.00. The van der Waals surface area contributed by atoms with Crippen molar-refractivity contribution in [3.05, 3.63) is 0 Å². The first-order valence-electron chi connectivity index (χ1n) is 8.01. The van der Waals surface area contributed by atoms with E-state index < -0.39 is 0 Å². The van der Waals surface area contributed by atoms with Crippen LogP contribution in [-0.4, -0.2) is 23.4 Å². The highest BCUT2D eigenvalue weighted by atomic mass is 16.5. The van der Waals surface area contributed by atoms with Gasteiger partial charge in [-0.05, 0) is 56.3 Å². The molecule has 2 saturated carbocycles. The summed E-state index contributed by atoms with van der Waals surface area (Å²) >= 11 is 0. The Morgan fingerprint density at radius 3 is 2.56 bits per heavy atom. The molecule has 4 unspecified atom stereocenters. The predicted octanol–water partition coefficient (Wildman–Crippen LogP) is 3.52. The van der Waals surface area contributed by atoms with Crippen LogP contribution in [0.4, 0.5) is 0 Å². The van der Waals surface area contributed by atoms with Crippen LogP contribution in [0.3, 0.4) is 0 Å². The number of ether oxygens (including phenoxy) is 1. The molecule has 2 nitrogen and oxygen atoms in total. The minimum atomic E-state index is -0.0590. The van der Waals surface area contributed by atoms with Gasteiger partial charge in [0, 0.05) is 6.61 Å². The molecule has 2 heteroatoms. The average Bonchev–Trinajstić information content (AvgIpc) is 2.98. The Balaban J connectivity index is 1.61. The van der Waals surface area contributed by atoms with Gasteiger partial charge < -0.3 is 9.84 Å². The van der Waals surface area contributed by atoms with Gasteiger partial charge in [-0.1, -0.05) is 26.2 Å². The number of rotatable bonds is 2. The Bertz CT molecular complexity index is 283. The summed E-state index contributed by atoms with van der Waals surface area (Å²) in [6.07, 6.45) is 11.1. The fourth-order valence-electron chi connectivity index (χ4n) is 4.67. The molecule has 1 saturated heterocycles. The summed E-state index contributed by atoms with van der Waals surface area (Å²) in [5, 5.41) is 10.7. The summed E-state index contributed by atoms with van der Waals surface area (Å²) < 4.78 is 6.08. The third-order valence-electron chi connectivity index (χ3n) is 5.75. The Morgan fingerprint density at radius 1 is 1.11 bits per heavy atom. The predicted molar refractivity (Wildman–Crippen MR) is 72.4 cm³/mol. The molecule has 0 bridgehead atoms. The molecular formula is C16H28O2. The zero-order chi connectivity index (χ0) is 12.6. The zero-order valence-corrected chi connectivity index (χ0v) is 11.7. The van der Waals surface area contributed by atoms with Crippen molar-refractivity contribution >= 4 is 0 Å². The van der Waals surface area contributed by atoms with Gasteiger partial charge in [0.25, 0.3) is 0 Å². The fourth-order valence-corrected chi connectivity index (χ4v) is 4.67. The summed E-state index contributed by atoms with van der Waals surface area (Å²) in [5.41, 5.74) is 0.161. The lowest BCUT2D eigenvalue weighted by atomic mass is 9.77. The molecule has 0 amide bonds. The molecule has 1 N–H and O–H groups in total. The number of hydrogen-bond donors (Lipinski definition) is 1. The normalized spacial score (nSPS) is 41.3. The van der Waals surface area contributed by atoms with Crippen LogP contribution < -0.4 is 0 Å². The van der Waals surface area contributed by atoms with Gasteiger partial charge in [-0.3, -0.25) is 0 Å². The van der Waals surface area contributed by atoms with E-state index in [0.29, 0.717) is 11.8 Å². The van der Waals surface area contributed by atoms with Crippen LogP contribution in [0, 0.1) is 17.8 Å². The van der Waals surface area contributed by atoms with Gasteiger partial charge in [-0.2, -0.15) is 0 Å². The monoisotopic (exact) mass is 252 g/mol. The molecule has 3 aliphatic rings. The number of aliphatic hydroxyl groups is 1. The van der Waals surface area contributed by atoms with Crippen LogP contribution in [0.2, 0.25) is 0 Å². The van der Waals surface area contributed by atoms with Crippen molar-refractivity contribution in [1.82, 2.24) is 0 Å². The first-order valence-corrected chi connectivity index (χ1v) is 8.01. The molecule has 18 heavy (non-hydrogen) atoms. The Labute approximate surface area is 111 Å². The summed E-state index contributed by atoms with van der Waals surface area (Å²) in [6.45, 7) is 3.21. The van der Waals surface area contributed by atoms with Crippen molar-refractivity contribution in [3.63, 3.8) is 0 Å². The Hall–Kier alpha value is -0.0800. The molecule has 4 atom stereocenters. The van der Waals surface area contributed by atoms with Gasteiger partial charge in [-0.25, -0.2) is 0 Å².